The summed E-state index contributed by atoms with van der Waals surface area (Å²) < 4.78 is 92.6. The van der Waals surface area contributed by atoms with E-state index in [9.17, 15) is 17.6 Å². The number of halogens is 6. The lowest BCUT2D eigenvalue weighted by Crippen LogP contribution is -2.22. The van der Waals surface area contributed by atoms with Gasteiger partial charge in [0.05, 0.1) is 5.56 Å². The minimum absolute atomic E-state index is 0.0379. The van der Waals surface area contributed by atoms with Gasteiger partial charge in [0.25, 0.3) is 0 Å². The average Bonchev–Trinajstić information content (AvgIpc) is 2.87. The van der Waals surface area contributed by atoms with Gasteiger partial charge in [-0.1, -0.05) is 50.1 Å². The largest absolute Gasteiger partial charge is 0.429 e. The van der Waals surface area contributed by atoms with Crippen molar-refractivity contribution in [2.24, 2.45) is 5.92 Å². The first kappa shape index (κ1) is 26.9. The minimum Gasteiger partial charge on any atom is -0.429 e. The van der Waals surface area contributed by atoms with Crippen molar-refractivity contribution >= 4 is 0 Å². The standard InChI is InChI=1S/C29H28F6O2/c1-2-5-18-8-10-19(11-9-18)20-12-14-22(15-13-20)29(34,35)37-26-7-4-3-6-23(26)21-16-24(30)27(25(31)17-21)36-28(32)33/h3-4,6-7,12-19,28H,2,5,8-11H2,1H3. The fourth-order valence-corrected chi connectivity index (χ4v) is 5.05. The first-order valence-electron chi connectivity index (χ1n) is 12.4. The third kappa shape index (κ3) is 6.40. The minimum atomic E-state index is -3.73. The van der Waals surface area contributed by atoms with Crippen LogP contribution in [0.4, 0.5) is 26.3 Å². The zero-order valence-corrected chi connectivity index (χ0v) is 20.3. The highest BCUT2D eigenvalue weighted by atomic mass is 19.3. The summed E-state index contributed by atoms with van der Waals surface area (Å²) in [6, 6.07) is 13.0. The van der Waals surface area contributed by atoms with Crippen LogP contribution in [0.1, 0.15) is 62.5 Å². The topological polar surface area (TPSA) is 18.5 Å². The predicted octanol–water partition coefficient (Wildman–Crippen LogP) is 9.44. The lowest BCUT2D eigenvalue weighted by molar-refractivity contribution is -0.185. The molecular formula is C29H28F6O2. The molecule has 2 nitrogen and oxygen atoms in total. The molecule has 1 fully saturated rings. The van der Waals surface area contributed by atoms with Gasteiger partial charge in [0.15, 0.2) is 17.4 Å². The third-order valence-corrected chi connectivity index (χ3v) is 6.90. The fourth-order valence-electron chi connectivity index (χ4n) is 5.05. The zero-order chi connectivity index (χ0) is 26.6. The molecule has 0 bridgehead atoms. The maximum atomic E-state index is 15.1. The molecule has 0 saturated heterocycles. The van der Waals surface area contributed by atoms with Crippen LogP contribution in [0, 0.1) is 17.6 Å². The second-order valence-corrected chi connectivity index (χ2v) is 9.39. The smallest absolute Gasteiger partial charge is 0.426 e. The van der Waals surface area contributed by atoms with Gasteiger partial charge in [-0.3, -0.25) is 0 Å². The molecule has 4 rings (SSSR count). The van der Waals surface area contributed by atoms with E-state index in [2.05, 4.69) is 11.7 Å². The third-order valence-electron chi connectivity index (χ3n) is 6.90. The van der Waals surface area contributed by atoms with Crippen molar-refractivity contribution in [2.75, 3.05) is 0 Å². The summed E-state index contributed by atoms with van der Waals surface area (Å²) in [5.41, 5.74) is 0.455. The Morgan fingerprint density at radius 3 is 2.11 bits per heavy atom. The quantitative estimate of drug-likeness (QED) is 0.261. The molecule has 1 aliphatic rings. The van der Waals surface area contributed by atoms with Gasteiger partial charge in [-0.2, -0.15) is 17.6 Å². The van der Waals surface area contributed by atoms with Crippen LogP contribution < -0.4 is 9.47 Å². The Balaban J connectivity index is 1.52. The van der Waals surface area contributed by atoms with Gasteiger partial charge in [0, 0.05) is 5.56 Å². The molecule has 1 saturated carbocycles. The lowest BCUT2D eigenvalue weighted by Gasteiger charge is -2.29. The highest BCUT2D eigenvalue weighted by Gasteiger charge is 2.36. The van der Waals surface area contributed by atoms with Gasteiger partial charge in [0.1, 0.15) is 5.75 Å². The number of rotatable bonds is 9. The molecule has 198 valence electrons. The van der Waals surface area contributed by atoms with E-state index in [1.165, 1.54) is 49.2 Å². The van der Waals surface area contributed by atoms with E-state index in [1.54, 1.807) is 12.1 Å². The molecule has 0 atom stereocenters. The Bertz CT molecular complexity index is 1160. The maximum Gasteiger partial charge on any atom is 0.426 e. The maximum absolute atomic E-state index is 15.1. The van der Waals surface area contributed by atoms with Crippen molar-refractivity contribution in [1.29, 1.82) is 0 Å². The van der Waals surface area contributed by atoms with Crippen molar-refractivity contribution in [3.63, 3.8) is 0 Å². The van der Waals surface area contributed by atoms with Crippen LogP contribution in [0.25, 0.3) is 11.1 Å². The van der Waals surface area contributed by atoms with Crippen molar-refractivity contribution < 1.29 is 35.8 Å². The molecule has 0 amide bonds. The molecular weight excluding hydrogens is 494 g/mol. The molecule has 0 aliphatic heterocycles. The van der Waals surface area contributed by atoms with E-state index in [0.717, 1.165) is 49.3 Å². The summed E-state index contributed by atoms with van der Waals surface area (Å²) in [6.45, 7) is -1.24. The van der Waals surface area contributed by atoms with Gasteiger partial charge < -0.3 is 9.47 Å². The SMILES string of the molecule is CCCC1CCC(c2ccc(C(F)(F)Oc3ccccc3-c3cc(F)c(OC(F)F)c(F)c3)cc2)CC1. The van der Waals surface area contributed by atoms with Crippen LogP contribution in [-0.2, 0) is 6.11 Å². The molecule has 0 heterocycles. The zero-order valence-electron chi connectivity index (χ0n) is 20.3. The van der Waals surface area contributed by atoms with Crippen molar-refractivity contribution in [3.05, 3.63) is 83.4 Å². The molecule has 8 heteroatoms. The fraction of sp³-hybridized carbons (Fsp3) is 0.379. The van der Waals surface area contributed by atoms with E-state index in [0.29, 0.717) is 5.92 Å². The average molecular weight is 523 g/mol. The van der Waals surface area contributed by atoms with Gasteiger partial charge in [-0.15, -0.1) is 0 Å². The van der Waals surface area contributed by atoms with Crippen molar-refractivity contribution in [3.8, 4) is 22.6 Å². The summed E-state index contributed by atoms with van der Waals surface area (Å²) in [6.07, 6.45) is 3.04. The van der Waals surface area contributed by atoms with E-state index in [1.807, 2.05) is 0 Å². The second kappa shape index (κ2) is 11.5. The summed E-state index contributed by atoms with van der Waals surface area (Å²) in [4.78, 5) is 0. The molecule has 3 aromatic rings. The van der Waals surface area contributed by atoms with Crippen LogP contribution in [0.3, 0.4) is 0 Å². The van der Waals surface area contributed by atoms with Crippen LogP contribution in [0.15, 0.2) is 60.7 Å². The van der Waals surface area contributed by atoms with E-state index in [4.69, 9.17) is 4.74 Å². The molecule has 0 N–H and O–H groups in total. The molecule has 37 heavy (non-hydrogen) atoms. The normalized spacial score (nSPS) is 18.2. The Hall–Kier alpha value is -3.16. The van der Waals surface area contributed by atoms with Crippen molar-refractivity contribution in [2.45, 2.75) is 64.1 Å². The van der Waals surface area contributed by atoms with E-state index >= 15 is 8.78 Å². The lowest BCUT2D eigenvalue weighted by atomic mass is 9.77. The molecule has 1 aliphatic carbocycles. The van der Waals surface area contributed by atoms with Crippen LogP contribution >= 0.6 is 0 Å². The first-order chi connectivity index (χ1) is 17.7. The van der Waals surface area contributed by atoms with Gasteiger partial charge in [0.2, 0.25) is 0 Å². The molecule has 0 aromatic heterocycles. The molecule has 3 aromatic carbocycles. The van der Waals surface area contributed by atoms with Gasteiger partial charge in [-0.25, -0.2) is 8.78 Å². The number of alkyl halides is 4. The Labute approximate surface area is 212 Å². The summed E-state index contributed by atoms with van der Waals surface area (Å²) in [5.74, 6) is -3.27. The Morgan fingerprint density at radius 2 is 1.51 bits per heavy atom. The molecule has 0 spiro atoms. The Morgan fingerprint density at radius 1 is 0.892 bits per heavy atom. The number of benzene rings is 3. The summed E-state index contributed by atoms with van der Waals surface area (Å²) >= 11 is 0. The molecule has 0 radical (unpaired) electrons. The molecule has 0 unspecified atom stereocenters. The highest BCUT2D eigenvalue weighted by Crippen LogP contribution is 2.41. The Kier molecular flexibility index (Phi) is 8.35. The second-order valence-electron chi connectivity index (χ2n) is 9.39. The number of ether oxygens (including phenoxy) is 2. The van der Waals surface area contributed by atoms with Crippen molar-refractivity contribution in [1.82, 2.24) is 0 Å². The van der Waals surface area contributed by atoms with Gasteiger partial charge >= 0.3 is 12.7 Å². The van der Waals surface area contributed by atoms with Gasteiger partial charge in [-0.05, 0) is 79.0 Å². The number of para-hydroxylation sites is 1. The highest BCUT2D eigenvalue weighted by molar-refractivity contribution is 5.71. The van der Waals surface area contributed by atoms with Crippen LogP contribution in [0.5, 0.6) is 11.5 Å². The number of hydrogen-bond acceptors (Lipinski definition) is 2. The van der Waals surface area contributed by atoms with Crippen LogP contribution in [-0.4, -0.2) is 6.61 Å². The first-order valence-corrected chi connectivity index (χ1v) is 12.4. The van der Waals surface area contributed by atoms with E-state index in [-0.39, 0.29) is 22.4 Å². The van der Waals surface area contributed by atoms with Crippen LogP contribution in [0.2, 0.25) is 0 Å². The summed E-state index contributed by atoms with van der Waals surface area (Å²) in [7, 11) is 0. The summed E-state index contributed by atoms with van der Waals surface area (Å²) in [5, 5.41) is 0. The predicted molar refractivity (Wildman–Crippen MR) is 129 cm³/mol. The number of hydrogen-bond donors (Lipinski definition) is 0. The monoisotopic (exact) mass is 522 g/mol. The van der Waals surface area contributed by atoms with E-state index < -0.39 is 30.1 Å².